The molecule has 0 amide bonds. The molecule has 3 aromatic rings. The van der Waals surface area contributed by atoms with E-state index in [0.29, 0.717) is 17.1 Å². The number of aromatic nitrogens is 4. The quantitative estimate of drug-likeness (QED) is 0.750. The lowest BCUT2D eigenvalue weighted by Gasteiger charge is -2.14. The summed E-state index contributed by atoms with van der Waals surface area (Å²) in [6, 6.07) is 14.2. The van der Waals surface area contributed by atoms with E-state index in [1.54, 1.807) is 16.8 Å². The smallest absolute Gasteiger partial charge is 0.185 e. The van der Waals surface area contributed by atoms with Crippen molar-refractivity contribution in [1.29, 1.82) is 0 Å². The fourth-order valence-corrected chi connectivity index (χ4v) is 2.22. The predicted octanol–water partition coefficient (Wildman–Crippen LogP) is 2.67. The van der Waals surface area contributed by atoms with Gasteiger partial charge in [0.2, 0.25) is 0 Å². The van der Waals surface area contributed by atoms with E-state index in [4.69, 9.17) is 5.73 Å². The Balaban J connectivity index is 2.05. The molecular formula is C15H14FN5. The molecule has 2 N–H and O–H groups in total. The molecular weight excluding hydrogens is 269 g/mol. The minimum absolute atomic E-state index is 0.104. The highest BCUT2D eigenvalue weighted by Crippen LogP contribution is 2.26. The Morgan fingerprint density at radius 1 is 1.14 bits per heavy atom. The van der Waals surface area contributed by atoms with Gasteiger partial charge in [-0.2, -0.15) is 0 Å². The minimum atomic E-state index is -0.439. The fraction of sp³-hybridized carbons (Fsp3) is 0.133. The number of tetrazole rings is 1. The molecule has 5 nitrogen and oxygen atoms in total. The Morgan fingerprint density at radius 3 is 2.62 bits per heavy atom. The molecule has 0 saturated carbocycles. The molecule has 1 aromatic heterocycles. The third-order valence-corrected chi connectivity index (χ3v) is 3.38. The summed E-state index contributed by atoms with van der Waals surface area (Å²) in [6.45, 7) is 1.96. The van der Waals surface area contributed by atoms with Crippen molar-refractivity contribution in [3.63, 3.8) is 0 Å². The first-order valence-corrected chi connectivity index (χ1v) is 6.55. The summed E-state index contributed by atoms with van der Waals surface area (Å²) in [6.07, 6.45) is 0. The maximum absolute atomic E-state index is 14.1. The first-order chi connectivity index (χ1) is 10.2. The van der Waals surface area contributed by atoms with Gasteiger partial charge >= 0.3 is 0 Å². The van der Waals surface area contributed by atoms with Crippen molar-refractivity contribution in [3.8, 4) is 11.4 Å². The lowest BCUT2D eigenvalue weighted by molar-refractivity contribution is 0.545. The van der Waals surface area contributed by atoms with Crippen LogP contribution in [0.25, 0.3) is 11.4 Å². The number of hydrogen-bond acceptors (Lipinski definition) is 4. The van der Waals surface area contributed by atoms with E-state index in [1.807, 2.05) is 37.3 Å². The van der Waals surface area contributed by atoms with Crippen LogP contribution >= 0.6 is 0 Å². The van der Waals surface area contributed by atoms with Crippen LogP contribution in [0.4, 0.5) is 10.1 Å². The Hall–Kier alpha value is -2.76. The molecule has 106 valence electrons. The zero-order chi connectivity index (χ0) is 14.8. The van der Waals surface area contributed by atoms with Gasteiger partial charge < -0.3 is 5.73 Å². The molecule has 6 heteroatoms. The number of benzene rings is 2. The highest BCUT2D eigenvalue weighted by molar-refractivity contribution is 5.59. The monoisotopic (exact) mass is 283 g/mol. The van der Waals surface area contributed by atoms with Crippen LogP contribution in [0.1, 0.15) is 18.5 Å². The van der Waals surface area contributed by atoms with Crippen LogP contribution in [0.3, 0.4) is 0 Å². The van der Waals surface area contributed by atoms with Gasteiger partial charge in [0.1, 0.15) is 5.82 Å². The van der Waals surface area contributed by atoms with E-state index in [9.17, 15) is 4.39 Å². The minimum Gasteiger partial charge on any atom is -0.399 e. The number of anilines is 1. The molecule has 0 aliphatic rings. The summed E-state index contributed by atoms with van der Waals surface area (Å²) >= 11 is 0. The van der Waals surface area contributed by atoms with Gasteiger partial charge in [-0.3, -0.25) is 0 Å². The third-order valence-electron chi connectivity index (χ3n) is 3.38. The lowest BCUT2D eigenvalue weighted by Crippen LogP contribution is -2.11. The molecule has 1 heterocycles. The molecule has 1 atom stereocenters. The Labute approximate surface area is 121 Å². The van der Waals surface area contributed by atoms with Crippen LogP contribution < -0.4 is 5.73 Å². The molecule has 0 fully saturated rings. The summed E-state index contributed by atoms with van der Waals surface area (Å²) in [4.78, 5) is 0. The van der Waals surface area contributed by atoms with Gasteiger partial charge in [0.05, 0.1) is 11.6 Å². The van der Waals surface area contributed by atoms with Gasteiger partial charge in [-0.05, 0) is 41.1 Å². The van der Waals surface area contributed by atoms with Crippen molar-refractivity contribution >= 4 is 5.69 Å². The highest BCUT2D eigenvalue weighted by Gasteiger charge is 2.18. The van der Waals surface area contributed by atoms with Crippen molar-refractivity contribution in [1.82, 2.24) is 20.2 Å². The van der Waals surface area contributed by atoms with E-state index in [1.165, 1.54) is 6.07 Å². The number of nitrogens with zero attached hydrogens (tertiary/aromatic N) is 4. The Bertz CT molecular complexity index is 754. The van der Waals surface area contributed by atoms with E-state index in [0.717, 1.165) is 5.56 Å². The summed E-state index contributed by atoms with van der Waals surface area (Å²) in [5, 5.41) is 11.6. The first kappa shape index (κ1) is 13.2. The van der Waals surface area contributed by atoms with Gasteiger partial charge in [-0.1, -0.05) is 30.3 Å². The van der Waals surface area contributed by atoms with E-state index < -0.39 is 5.82 Å². The summed E-state index contributed by atoms with van der Waals surface area (Å²) in [5.74, 6) is -0.0600. The summed E-state index contributed by atoms with van der Waals surface area (Å²) < 4.78 is 15.7. The lowest BCUT2D eigenvalue weighted by atomic mass is 10.1. The van der Waals surface area contributed by atoms with Crippen LogP contribution in [-0.4, -0.2) is 20.2 Å². The molecule has 2 aromatic carbocycles. The van der Waals surface area contributed by atoms with Gasteiger partial charge in [0.25, 0.3) is 0 Å². The van der Waals surface area contributed by atoms with Crippen LogP contribution in [-0.2, 0) is 0 Å². The van der Waals surface area contributed by atoms with Gasteiger partial charge in [-0.15, -0.1) is 5.10 Å². The third kappa shape index (κ3) is 2.47. The SMILES string of the molecule is CC(c1ccccc1)n1nnnc1-c1ccc(N)cc1F. The summed E-state index contributed by atoms with van der Waals surface area (Å²) in [5.41, 5.74) is 7.31. The maximum Gasteiger partial charge on any atom is 0.185 e. The van der Waals surface area contributed by atoms with Crippen molar-refractivity contribution < 1.29 is 4.39 Å². The molecule has 0 bridgehead atoms. The second-order valence-corrected chi connectivity index (χ2v) is 4.77. The molecule has 3 rings (SSSR count). The molecule has 0 aliphatic carbocycles. The largest absolute Gasteiger partial charge is 0.399 e. The topological polar surface area (TPSA) is 69.6 Å². The zero-order valence-electron chi connectivity index (χ0n) is 11.4. The molecule has 0 aliphatic heterocycles. The maximum atomic E-state index is 14.1. The van der Waals surface area contributed by atoms with E-state index >= 15 is 0 Å². The van der Waals surface area contributed by atoms with Crippen molar-refractivity contribution in [2.24, 2.45) is 0 Å². The predicted molar refractivity (Wildman–Crippen MR) is 77.9 cm³/mol. The fourth-order valence-electron chi connectivity index (χ4n) is 2.22. The summed E-state index contributed by atoms with van der Waals surface area (Å²) in [7, 11) is 0. The van der Waals surface area contributed by atoms with Crippen LogP contribution in [0.15, 0.2) is 48.5 Å². The number of halogens is 1. The van der Waals surface area contributed by atoms with Gasteiger partial charge in [0.15, 0.2) is 5.82 Å². The van der Waals surface area contributed by atoms with Gasteiger partial charge in [0, 0.05) is 5.69 Å². The highest BCUT2D eigenvalue weighted by atomic mass is 19.1. The van der Waals surface area contributed by atoms with Gasteiger partial charge in [-0.25, -0.2) is 9.07 Å². The van der Waals surface area contributed by atoms with E-state index in [2.05, 4.69) is 15.5 Å². The standard InChI is InChI=1S/C15H14FN5/c1-10(11-5-3-2-4-6-11)21-15(18-19-20-21)13-8-7-12(17)9-14(13)16/h2-10H,17H2,1H3. The number of rotatable bonds is 3. The van der Waals surface area contributed by atoms with Crippen LogP contribution in [0.5, 0.6) is 0 Å². The molecule has 0 saturated heterocycles. The average Bonchev–Trinajstić information content (AvgIpc) is 2.96. The zero-order valence-corrected chi connectivity index (χ0v) is 11.4. The molecule has 1 unspecified atom stereocenters. The number of nitrogen functional groups attached to an aromatic ring is 1. The Kier molecular flexibility index (Phi) is 3.35. The molecule has 21 heavy (non-hydrogen) atoms. The molecule has 0 spiro atoms. The van der Waals surface area contributed by atoms with Crippen LogP contribution in [0.2, 0.25) is 0 Å². The normalized spacial score (nSPS) is 12.3. The molecule has 0 radical (unpaired) electrons. The van der Waals surface area contributed by atoms with Crippen molar-refractivity contribution in [3.05, 3.63) is 59.9 Å². The Morgan fingerprint density at radius 2 is 1.90 bits per heavy atom. The number of hydrogen-bond donors (Lipinski definition) is 1. The average molecular weight is 283 g/mol. The second-order valence-electron chi connectivity index (χ2n) is 4.77. The second kappa shape index (κ2) is 5.32. The van der Waals surface area contributed by atoms with Crippen LogP contribution in [0, 0.1) is 5.82 Å². The van der Waals surface area contributed by atoms with Crippen molar-refractivity contribution in [2.75, 3.05) is 5.73 Å². The van der Waals surface area contributed by atoms with E-state index in [-0.39, 0.29) is 6.04 Å². The first-order valence-electron chi connectivity index (χ1n) is 6.55. The van der Waals surface area contributed by atoms with Crippen molar-refractivity contribution in [2.45, 2.75) is 13.0 Å². The number of nitrogens with two attached hydrogens (primary N) is 1.